The SMILES string of the molecule is C[C@]12CC(N3CCC(O)CC3N3CCC4(CC3)OCCO4)C(O)CC1CC[C@@H]1[C@H]2CC[C@]2(C)C(O)CC[C@@H]12. The Hall–Kier alpha value is -0.280. The van der Waals surface area contributed by atoms with E-state index in [4.69, 9.17) is 9.47 Å². The molecular formula is C31H52N2O5. The molecule has 0 aromatic carbocycles. The van der Waals surface area contributed by atoms with Crippen LogP contribution in [0.1, 0.15) is 90.9 Å². The first-order valence-electron chi connectivity index (χ1n) is 16.0. The summed E-state index contributed by atoms with van der Waals surface area (Å²) in [6.45, 7) is 9.06. The van der Waals surface area contributed by atoms with Gasteiger partial charge in [0.25, 0.3) is 0 Å². The number of ether oxygens (including phenoxy) is 2. The number of piperidine rings is 2. The Kier molecular flexibility index (Phi) is 6.75. The number of rotatable bonds is 2. The molecule has 1 spiro atoms. The largest absolute Gasteiger partial charge is 0.393 e. The molecule has 0 radical (unpaired) electrons. The maximum absolute atomic E-state index is 11.7. The van der Waals surface area contributed by atoms with Crippen LogP contribution in [0.3, 0.4) is 0 Å². The average molecular weight is 533 g/mol. The van der Waals surface area contributed by atoms with E-state index in [0.717, 1.165) is 76.9 Å². The Labute approximate surface area is 229 Å². The van der Waals surface area contributed by atoms with Crippen molar-refractivity contribution in [3.8, 4) is 0 Å². The molecular weight excluding hydrogens is 480 g/mol. The van der Waals surface area contributed by atoms with E-state index < -0.39 is 0 Å². The highest BCUT2D eigenvalue weighted by molar-refractivity contribution is 5.11. The highest BCUT2D eigenvalue weighted by Gasteiger charge is 2.61. The van der Waals surface area contributed by atoms with Crippen LogP contribution >= 0.6 is 0 Å². The standard InChI is InChI=1S/C31H52N2O5/c1-29-9-7-24-22(23(29)5-6-27(29)36)4-3-20-17-26(35)25(19-30(20,24)2)33-12-8-21(34)18-28(33)32-13-10-31(11-14-32)37-15-16-38-31/h20-28,34-36H,3-19H2,1-2H3/t20?,21?,22-,23-,24+,25?,26?,27?,28?,29-,30-/m0/s1. The molecule has 7 rings (SSSR count). The lowest BCUT2D eigenvalue weighted by molar-refractivity contribution is -0.204. The van der Waals surface area contributed by atoms with Crippen molar-refractivity contribution in [2.75, 3.05) is 32.8 Å². The van der Waals surface area contributed by atoms with Crippen molar-refractivity contribution in [1.29, 1.82) is 0 Å². The molecule has 4 aliphatic carbocycles. The molecule has 4 saturated carbocycles. The van der Waals surface area contributed by atoms with Gasteiger partial charge in [-0.3, -0.25) is 9.80 Å². The number of aliphatic hydroxyl groups excluding tert-OH is 3. The van der Waals surface area contributed by atoms with Gasteiger partial charge in [0.2, 0.25) is 0 Å². The summed E-state index contributed by atoms with van der Waals surface area (Å²) in [6, 6.07) is 0.157. The molecule has 3 heterocycles. The molecule has 216 valence electrons. The van der Waals surface area contributed by atoms with E-state index in [1.165, 1.54) is 25.7 Å². The van der Waals surface area contributed by atoms with Gasteiger partial charge in [0, 0.05) is 44.9 Å². The second-order valence-corrected chi connectivity index (χ2v) is 14.9. The monoisotopic (exact) mass is 532 g/mol. The van der Waals surface area contributed by atoms with E-state index >= 15 is 0 Å². The van der Waals surface area contributed by atoms with Gasteiger partial charge in [-0.2, -0.15) is 0 Å². The van der Waals surface area contributed by atoms with Gasteiger partial charge in [-0.1, -0.05) is 13.8 Å². The average Bonchev–Trinajstić information content (AvgIpc) is 3.48. The molecule has 7 heteroatoms. The van der Waals surface area contributed by atoms with E-state index in [1.54, 1.807) is 0 Å². The second kappa shape index (κ2) is 9.64. The minimum atomic E-state index is -0.389. The first kappa shape index (κ1) is 26.6. The van der Waals surface area contributed by atoms with Gasteiger partial charge in [0.1, 0.15) is 0 Å². The lowest BCUT2D eigenvalue weighted by Crippen LogP contribution is -2.65. The zero-order valence-corrected chi connectivity index (χ0v) is 23.8. The van der Waals surface area contributed by atoms with Crippen molar-refractivity contribution in [3.05, 3.63) is 0 Å². The summed E-state index contributed by atoms with van der Waals surface area (Å²) < 4.78 is 12.0. The Morgan fingerprint density at radius 1 is 0.737 bits per heavy atom. The van der Waals surface area contributed by atoms with Gasteiger partial charge in [0.15, 0.2) is 5.79 Å². The van der Waals surface area contributed by atoms with Crippen molar-refractivity contribution >= 4 is 0 Å². The van der Waals surface area contributed by atoms with Gasteiger partial charge in [-0.15, -0.1) is 0 Å². The van der Waals surface area contributed by atoms with Crippen LogP contribution in [0.25, 0.3) is 0 Å². The zero-order chi connectivity index (χ0) is 26.3. The summed E-state index contributed by atoms with van der Waals surface area (Å²) >= 11 is 0. The highest BCUT2D eigenvalue weighted by atomic mass is 16.7. The van der Waals surface area contributed by atoms with Crippen molar-refractivity contribution in [2.45, 2.75) is 127 Å². The maximum Gasteiger partial charge on any atom is 0.170 e. The van der Waals surface area contributed by atoms with Crippen LogP contribution in [0, 0.1) is 34.5 Å². The third-order valence-corrected chi connectivity index (χ3v) is 13.4. The molecule has 7 fully saturated rings. The third-order valence-electron chi connectivity index (χ3n) is 13.4. The van der Waals surface area contributed by atoms with Crippen molar-refractivity contribution < 1.29 is 24.8 Å². The Morgan fingerprint density at radius 2 is 1.47 bits per heavy atom. The molecule has 0 aromatic heterocycles. The summed E-state index contributed by atoms with van der Waals surface area (Å²) in [4.78, 5) is 5.17. The zero-order valence-electron chi connectivity index (χ0n) is 23.8. The van der Waals surface area contributed by atoms with E-state index in [2.05, 4.69) is 23.6 Å². The second-order valence-electron chi connectivity index (χ2n) is 14.9. The molecule has 6 unspecified atom stereocenters. The minimum absolute atomic E-state index is 0.115. The topological polar surface area (TPSA) is 85.6 Å². The van der Waals surface area contributed by atoms with E-state index in [1.807, 2.05) is 0 Å². The van der Waals surface area contributed by atoms with Gasteiger partial charge >= 0.3 is 0 Å². The molecule has 0 amide bonds. The fourth-order valence-corrected chi connectivity index (χ4v) is 11.2. The van der Waals surface area contributed by atoms with Crippen LogP contribution in [-0.2, 0) is 9.47 Å². The highest BCUT2D eigenvalue weighted by Crippen LogP contribution is 2.66. The van der Waals surface area contributed by atoms with Crippen molar-refractivity contribution in [3.63, 3.8) is 0 Å². The number of nitrogens with zero attached hydrogens (tertiary/aromatic N) is 2. The van der Waals surface area contributed by atoms with Crippen LogP contribution in [0.4, 0.5) is 0 Å². The number of hydrogen-bond donors (Lipinski definition) is 3. The van der Waals surface area contributed by atoms with Gasteiger partial charge < -0.3 is 24.8 Å². The van der Waals surface area contributed by atoms with E-state index in [-0.39, 0.29) is 47.1 Å². The molecule has 38 heavy (non-hydrogen) atoms. The number of aliphatic hydroxyl groups is 3. The Morgan fingerprint density at radius 3 is 2.24 bits per heavy atom. The van der Waals surface area contributed by atoms with Gasteiger partial charge in [-0.05, 0) is 92.3 Å². The molecule has 7 aliphatic rings. The van der Waals surface area contributed by atoms with E-state index in [0.29, 0.717) is 31.0 Å². The summed E-state index contributed by atoms with van der Waals surface area (Å²) in [6.07, 6.45) is 11.9. The molecule has 3 N–H and O–H groups in total. The molecule has 11 atom stereocenters. The minimum Gasteiger partial charge on any atom is -0.393 e. The van der Waals surface area contributed by atoms with Crippen LogP contribution in [0.5, 0.6) is 0 Å². The molecule has 0 aromatic rings. The van der Waals surface area contributed by atoms with Crippen LogP contribution in [0.2, 0.25) is 0 Å². The first-order chi connectivity index (χ1) is 18.2. The summed E-state index contributed by atoms with van der Waals surface area (Å²) in [5, 5.41) is 33.3. The smallest absolute Gasteiger partial charge is 0.170 e. The predicted octanol–water partition coefficient (Wildman–Crippen LogP) is 3.35. The van der Waals surface area contributed by atoms with Crippen LogP contribution in [0.15, 0.2) is 0 Å². The molecule has 7 nitrogen and oxygen atoms in total. The normalized spacial score (nSPS) is 53.4. The fourth-order valence-electron chi connectivity index (χ4n) is 11.2. The third kappa shape index (κ3) is 4.08. The van der Waals surface area contributed by atoms with Gasteiger partial charge in [0.05, 0.1) is 37.7 Å². The molecule has 0 bridgehead atoms. The van der Waals surface area contributed by atoms with E-state index in [9.17, 15) is 15.3 Å². The lowest BCUT2D eigenvalue weighted by atomic mass is 9.44. The summed E-state index contributed by atoms with van der Waals surface area (Å²) in [5.41, 5.74) is 0.365. The van der Waals surface area contributed by atoms with Crippen LogP contribution < -0.4 is 0 Å². The quantitative estimate of drug-likeness (QED) is 0.503. The van der Waals surface area contributed by atoms with Crippen molar-refractivity contribution in [2.24, 2.45) is 34.5 Å². The Bertz CT molecular complexity index is 872. The molecule has 3 aliphatic heterocycles. The number of hydrogen-bond acceptors (Lipinski definition) is 7. The number of likely N-dealkylation sites (tertiary alicyclic amines) is 2. The molecule has 3 saturated heterocycles. The maximum atomic E-state index is 11.7. The lowest BCUT2D eigenvalue weighted by Gasteiger charge is -2.63. The first-order valence-corrected chi connectivity index (χ1v) is 16.0. The fraction of sp³-hybridized carbons (Fsp3) is 1.00. The van der Waals surface area contributed by atoms with Crippen molar-refractivity contribution in [1.82, 2.24) is 9.80 Å². The number of fused-ring (bicyclic) bond motifs is 5. The Balaban J connectivity index is 1.11. The predicted molar refractivity (Wildman–Crippen MR) is 144 cm³/mol. The summed E-state index contributed by atoms with van der Waals surface area (Å²) in [5.74, 6) is 2.32. The summed E-state index contributed by atoms with van der Waals surface area (Å²) in [7, 11) is 0. The van der Waals surface area contributed by atoms with Crippen LogP contribution in [-0.4, -0.2) is 94.3 Å². The van der Waals surface area contributed by atoms with Gasteiger partial charge in [-0.25, -0.2) is 0 Å².